The van der Waals surface area contributed by atoms with Crippen LogP contribution in [0.5, 0.6) is 0 Å². The van der Waals surface area contributed by atoms with Crippen LogP contribution in [0.25, 0.3) is 0 Å². The van der Waals surface area contributed by atoms with Gasteiger partial charge in [-0.15, -0.1) is 0 Å². The van der Waals surface area contributed by atoms with Crippen LogP contribution in [0.1, 0.15) is 25.8 Å². The van der Waals surface area contributed by atoms with Crippen molar-refractivity contribution in [2.45, 2.75) is 26.8 Å². The van der Waals surface area contributed by atoms with Gasteiger partial charge in [-0.1, -0.05) is 18.2 Å². The zero-order valence-corrected chi connectivity index (χ0v) is 15.6. The fraction of sp³-hybridized carbons (Fsp3) is 0.474. The average Bonchev–Trinajstić information content (AvgIpc) is 3.05. The summed E-state index contributed by atoms with van der Waals surface area (Å²) in [6.45, 7) is 8.69. The number of rotatable bonds is 9. The van der Waals surface area contributed by atoms with Crippen LogP contribution in [0, 0.1) is 0 Å². The summed E-state index contributed by atoms with van der Waals surface area (Å²) in [5.41, 5.74) is 2.39. The number of nitrogens with one attached hydrogen (secondary N) is 2. The Balaban J connectivity index is 1.78. The second-order valence-corrected chi connectivity index (χ2v) is 5.91. The first kappa shape index (κ1) is 18.8. The summed E-state index contributed by atoms with van der Waals surface area (Å²) in [5.74, 6) is 0.856. The molecule has 1 aromatic heterocycles. The lowest BCUT2D eigenvalue weighted by Gasteiger charge is -2.23. The molecule has 0 aliphatic rings. The summed E-state index contributed by atoms with van der Waals surface area (Å²) >= 11 is 0. The van der Waals surface area contributed by atoms with Gasteiger partial charge in [0.25, 0.3) is 0 Å². The molecule has 6 heteroatoms. The minimum absolute atomic E-state index is 0.633. The average molecular weight is 342 g/mol. The van der Waals surface area contributed by atoms with E-state index in [1.165, 1.54) is 5.69 Å². The van der Waals surface area contributed by atoms with E-state index in [2.05, 4.69) is 69.8 Å². The van der Waals surface area contributed by atoms with Crippen molar-refractivity contribution in [3.05, 3.63) is 48.3 Å². The molecule has 0 unspecified atom stereocenters. The number of hydrogen-bond acceptors (Lipinski definition) is 3. The maximum atomic E-state index is 4.62. The largest absolute Gasteiger partial charge is 0.372 e. The summed E-state index contributed by atoms with van der Waals surface area (Å²) in [6, 6.07) is 10.6. The molecule has 0 radical (unpaired) electrons. The first-order valence-electron chi connectivity index (χ1n) is 9.02. The lowest BCUT2D eigenvalue weighted by atomic mass is 10.2. The van der Waals surface area contributed by atoms with E-state index >= 15 is 0 Å². The normalized spacial score (nSPS) is 11.4. The summed E-state index contributed by atoms with van der Waals surface area (Å²) in [4.78, 5) is 7.01. The van der Waals surface area contributed by atoms with E-state index in [9.17, 15) is 0 Å². The molecule has 0 saturated carbocycles. The van der Waals surface area contributed by atoms with Gasteiger partial charge in [-0.2, -0.15) is 5.10 Å². The summed E-state index contributed by atoms with van der Waals surface area (Å²) < 4.78 is 1.80. The molecule has 0 amide bonds. The van der Waals surface area contributed by atoms with Gasteiger partial charge < -0.3 is 15.5 Å². The van der Waals surface area contributed by atoms with Gasteiger partial charge in [-0.05, 0) is 32.4 Å². The number of benzene rings is 1. The van der Waals surface area contributed by atoms with Gasteiger partial charge in [0.1, 0.15) is 0 Å². The molecule has 0 bridgehead atoms. The molecular formula is C19H30N6. The smallest absolute Gasteiger partial charge is 0.191 e. The van der Waals surface area contributed by atoms with Crippen molar-refractivity contribution in [3.63, 3.8) is 0 Å². The van der Waals surface area contributed by atoms with Crippen LogP contribution < -0.4 is 15.5 Å². The van der Waals surface area contributed by atoms with Crippen molar-refractivity contribution in [3.8, 4) is 0 Å². The van der Waals surface area contributed by atoms with E-state index < -0.39 is 0 Å². The molecule has 0 spiro atoms. The number of nitrogens with zero attached hydrogens (tertiary/aromatic N) is 4. The third kappa shape index (κ3) is 6.49. The van der Waals surface area contributed by atoms with Crippen LogP contribution in [0.3, 0.4) is 0 Å². The van der Waals surface area contributed by atoms with Crippen LogP contribution in [-0.4, -0.2) is 41.9 Å². The number of aromatic nitrogens is 2. The van der Waals surface area contributed by atoms with Crippen LogP contribution in [0.4, 0.5) is 5.69 Å². The fourth-order valence-electron chi connectivity index (χ4n) is 2.65. The van der Waals surface area contributed by atoms with E-state index in [0.29, 0.717) is 6.54 Å². The summed E-state index contributed by atoms with van der Waals surface area (Å²) in [6.07, 6.45) is 4.90. The number of para-hydroxylation sites is 1. The first-order valence-corrected chi connectivity index (χ1v) is 9.02. The number of aryl methyl sites for hydroxylation is 1. The zero-order valence-electron chi connectivity index (χ0n) is 15.6. The molecule has 1 heterocycles. The van der Waals surface area contributed by atoms with Crippen LogP contribution in [0.2, 0.25) is 0 Å². The third-order valence-corrected chi connectivity index (χ3v) is 3.92. The maximum Gasteiger partial charge on any atom is 0.191 e. The van der Waals surface area contributed by atoms with Gasteiger partial charge in [0.15, 0.2) is 5.96 Å². The Morgan fingerprint density at radius 3 is 2.64 bits per heavy atom. The molecule has 6 nitrogen and oxygen atoms in total. The molecule has 0 saturated heterocycles. The van der Waals surface area contributed by atoms with Crippen LogP contribution in [-0.2, 0) is 13.6 Å². The molecule has 0 aliphatic heterocycles. The number of hydrogen-bond donors (Lipinski definition) is 2. The SMILES string of the molecule is CCNC(=NCc1cnn(C)c1)NCCCN(CC)c1ccccc1. The lowest BCUT2D eigenvalue weighted by molar-refractivity contribution is 0.709. The Bertz CT molecular complexity index is 634. The van der Waals surface area contributed by atoms with E-state index in [4.69, 9.17) is 0 Å². The number of anilines is 1. The maximum absolute atomic E-state index is 4.62. The molecule has 136 valence electrons. The standard InChI is InChI=1S/C19H30N6/c1-4-20-19(22-14-17-15-23-24(3)16-17)21-12-9-13-25(5-2)18-10-7-6-8-11-18/h6-8,10-11,15-16H,4-5,9,12-14H2,1-3H3,(H2,20,21,22). The third-order valence-electron chi connectivity index (χ3n) is 3.92. The molecule has 25 heavy (non-hydrogen) atoms. The van der Waals surface area contributed by atoms with Crippen molar-refractivity contribution >= 4 is 11.6 Å². The summed E-state index contributed by atoms with van der Waals surface area (Å²) in [5, 5.41) is 10.9. The number of aliphatic imine (C=N–C) groups is 1. The van der Waals surface area contributed by atoms with Crippen LogP contribution >= 0.6 is 0 Å². The monoisotopic (exact) mass is 342 g/mol. The van der Waals surface area contributed by atoms with E-state index in [0.717, 1.165) is 44.1 Å². The highest BCUT2D eigenvalue weighted by Crippen LogP contribution is 2.12. The lowest BCUT2D eigenvalue weighted by Crippen LogP contribution is -2.38. The first-order chi connectivity index (χ1) is 12.2. The van der Waals surface area contributed by atoms with Gasteiger partial charge in [-0.3, -0.25) is 4.68 Å². The molecule has 1 aromatic carbocycles. The highest BCUT2D eigenvalue weighted by atomic mass is 15.2. The van der Waals surface area contributed by atoms with Crippen molar-refractivity contribution in [1.29, 1.82) is 0 Å². The van der Waals surface area contributed by atoms with E-state index in [-0.39, 0.29) is 0 Å². The quantitative estimate of drug-likeness (QED) is 0.417. The number of guanidine groups is 1. The molecule has 2 N–H and O–H groups in total. The molecular weight excluding hydrogens is 312 g/mol. The van der Waals surface area contributed by atoms with Gasteiger partial charge >= 0.3 is 0 Å². The van der Waals surface area contributed by atoms with E-state index in [1.807, 2.05) is 19.4 Å². The van der Waals surface area contributed by atoms with Gasteiger partial charge in [0.05, 0.1) is 12.7 Å². The Hall–Kier alpha value is -2.50. The minimum Gasteiger partial charge on any atom is -0.372 e. The topological polar surface area (TPSA) is 57.5 Å². The Labute approximate surface area is 151 Å². The molecule has 0 aliphatic carbocycles. The van der Waals surface area contributed by atoms with Crippen LogP contribution in [0.15, 0.2) is 47.7 Å². The van der Waals surface area contributed by atoms with E-state index in [1.54, 1.807) is 4.68 Å². The predicted octanol–water partition coefficient (Wildman–Crippen LogP) is 2.39. The van der Waals surface area contributed by atoms with Gasteiger partial charge in [-0.25, -0.2) is 4.99 Å². The van der Waals surface area contributed by atoms with Crippen molar-refractivity contribution in [1.82, 2.24) is 20.4 Å². The molecule has 2 aromatic rings. The van der Waals surface area contributed by atoms with Crippen molar-refractivity contribution < 1.29 is 0 Å². The highest BCUT2D eigenvalue weighted by Gasteiger charge is 2.04. The Kier molecular flexibility index (Phi) is 7.82. The Morgan fingerprint density at radius 2 is 2.00 bits per heavy atom. The zero-order chi connectivity index (χ0) is 17.9. The minimum atomic E-state index is 0.633. The second-order valence-electron chi connectivity index (χ2n) is 5.91. The predicted molar refractivity (Wildman–Crippen MR) is 105 cm³/mol. The molecule has 0 atom stereocenters. The van der Waals surface area contributed by atoms with Gasteiger partial charge in [0, 0.05) is 50.7 Å². The second kappa shape index (κ2) is 10.4. The Morgan fingerprint density at radius 1 is 1.20 bits per heavy atom. The van der Waals surface area contributed by atoms with Crippen molar-refractivity contribution in [2.24, 2.45) is 12.0 Å². The molecule has 0 fully saturated rings. The fourth-order valence-corrected chi connectivity index (χ4v) is 2.65. The van der Waals surface area contributed by atoms with Gasteiger partial charge in [0.2, 0.25) is 0 Å². The summed E-state index contributed by atoms with van der Waals surface area (Å²) in [7, 11) is 1.92. The van der Waals surface area contributed by atoms with Crippen molar-refractivity contribution in [2.75, 3.05) is 31.1 Å². The highest BCUT2D eigenvalue weighted by molar-refractivity contribution is 5.79. The molecule has 2 rings (SSSR count).